The van der Waals surface area contributed by atoms with Gasteiger partial charge in [-0.1, -0.05) is 18.5 Å². The van der Waals surface area contributed by atoms with Gasteiger partial charge < -0.3 is 14.4 Å². The summed E-state index contributed by atoms with van der Waals surface area (Å²) in [5, 5.41) is 0.443. The van der Waals surface area contributed by atoms with Crippen molar-refractivity contribution in [3.05, 3.63) is 22.7 Å². The first kappa shape index (κ1) is 14.5. The van der Waals surface area contributed by atoms with Gasteiger partial charge in [-0.3, -0.25) is 4.79 Å². The molecule has 1 saturated carbocycles. The smallest absolute Gasteiger partial charge is 0.254 e. The van der Waals surface area contributed by atoms with E-state index in [9.17, 15) is 4.79 Å². The third-order valence-corrected chi connectivity index (χ3v) is 4.08. The summed E-state index contributed by atoms with van der Waals surface area (Å²) >= 11 is 6.22. The van der Waals surface area contributed by atoms with E-state index < -0.39 is 0 Å². The van der Waals surface area contributed by atoms with Crippen LogP contribution in [0, 0.1) is 5.92 Å². The summed E-state index contributed by atoms with van der Waals surface area (Å²) in [7, 11) is 0. The first-order valence-electron chi connectivity index (χ1n) is 7.57. The highest BCUT2D eigenvalue weighted by molar-refractivity contribution is 6.32. The average Bonchev–Trinajstić information content (AvgIpc) is 3.30. The molecule has 1 aromatic carbocycles. The van der Waals surface area contributed by atoms with Crippen LogP contribution in [0.5, 0.6) is 11.5 Å². The number of fused-ring (bicyclic) bond motifs is 1. The van der Waals surface area contributed by atoms with Crippen LogP contribution in [0.3, 0.4) is 0 Å². The number of hydrogen-bond donors (Lipinski definition) is 0. The zero-order valence-electron chi connectivity index (χ0n) is 12.2. The second-order valence-corrected chi connectivity index (χ2v) is 6.08. The number of halogens is 1. The highest BCUT2D eigenvalue weighted by Crippen LogP contribution is 2.39. The second kappa shape index (κ2) is 6.14. The summed E-state index contributed by atoms with van der Waals surface area (Å²) in [6.07, 6.45) is 3.42. The lowest BCUT2D eigenvalue weighted by molar-refractivity contribution is 0.0746. The van der Waals surface area contributed by atoms with E-state index >= 15 is 0 Å². The summed E-state index contributed by atoms with van der Waals surface area (Å²) in [5.74, 6) is 1.82. The molecule has 2 aliphatic rings. The molecule has 1 fully saturated rings. The quantitative estimate of drug-likeness (QED) is 0.837. The topological polar surface area (TPSA) is 38.8 Å². The number of rotatable bonds is 5. The summed E-state index contributed by atoms with van der Waals surface area (Å²) in [4.78, 5) is 14.6. The Kier molecular flexibility index (Phi) is 4.24. The molecule has 0 radical (unpaired) electrons. The summed E-state index contributed by atoms with van der Waals surface area (Å²) in [6, 6.07) is 3.44. The normalized spacial score (nSPS) is 16.7. The van der Waals surface area contributed by atoms with Crippen molar-refractivity contribution in [1.29, 1.82) is 0 Å². The predicted octanol–water partition coefficient (Wildman–Crippen LogP) is 3.37. The van der Waals surface area contributed by atoms with Crippen molar-refractivity contribution in [3.8, 4) is 11.5 Å². The molecule has 0 unspecified atom stereocenters. The van der Waals surface area contributed by atoms with Gasteiger partial charge >= 0.3 is 0 Å². The van der Waals surface area contributed by atoms with Crippen LogP contribution >= 0.6 is 11.6 Å². The van der Waals surface area contributed by atoms with Crippen molar-refractivity contribution >= 4 is 17.5 Å². The maximum atomic E-state index is 12.7. The van der Waals surface area contributed by atoms with Gasteiger partial charge in [-0.2, -0.15) is 0 Å². The van der Waals surface area contributed by atoms with Crippen LogP contribution in [0.4, 0.5) is 0 Å². The van der Waals surface area contributed by atoms with Crippen LogP contribution in [0.1, 0.15) is 36.5 Å². The van der Waals surface area contributed by atoms with E-state index in [2.05, 4.69) is 6.92 Å². The van der Waals surface area contributed by atoms with E-state index in [0.717, 1.165) is 19.5 Å². The van der Waals surface area contributed by atoms with E-state index in [1.807, 2.05) is 4.90 Å². The van der Waals surface area contributed by atoms with Gasteiger partial charge in [-0.25, -0.2) is 0 Å². The Morgan fingerprint density at radius 1 is 1.33 bits per heavy atom. The molecule has 1 aliphatic carbocycles. The maximum Gasteiger partial charge on any atom is 0.254 e. The molecular formula is C16H20ClNO3. The van der Waals surface area contributed by atoms with Crippen LogP contribution < -0.4 is 9.47 Å². The van der Waals surface area contributed by atoms with Gasteiger partial charge in [-0.05, 0) is 37.3 Å². The Labute approximate surface area is 130 Å². The fourth-order valence-electron chi connectivity index (χ4n) is 2.57. The van der Waals surface area contributed by atoms with Crippen LogP contribution in [-0.4, -0.2) is 37.1 Å². The molecule has 0 N–H and O–H groups in total. The maximum absolute atomic E-state index is 12.7. The van der Waals surface area contributed by atoms with E-state index in [-0.39, 0.29) is 5.91 Å². The minimum absolute atomic E-state index is 0.0302. The first-order chi connectivity index (χ1) is 10.2. The Balaban J connectivity index is 1.83. The highest BCUT2D eigenvalue weighted by atomic mass is 35.5. The second-order valence-electron chi connectivity index (χ2n) is 5.68. The number of nitrogens with zero attached hydrogens (tertiary/aromatic N) is 1. The van der Waals surface area contributed by atoms with E-state index in [1.54, 1.807) is 12.1 Å². The van der Waals surface area contributed by atoms with Crippen molar-refractivity contribution < 1.29 is 14.3 Å². The van der Waals surface area contributed by atoms with Gasteiger partial charge in [0.2, 0.25) is 0 Å². The zero-order valence-corrected chi connectivity index (χ0v) is 13.0. The van der Waals surface area contributed by atoms with Gasteiger partial charge in [0.15, 0.2) is 11.5 Å². The standard InChI is InChI=1S/C16H20ClNO3/c1-2-5-18(10-11-3-4-11)16(19)12-8-13(17)15-14(9-12)20-6-7-21-15/h8-9,11H,2-7,10H2,1H3. The van der Waals surface area contributed by atoms with Crippen LogP contribution in [-0.2, 0) is 0 Å². The molecule has 5 heteroatoms. The molecule has 1 aliphatic heterocycles. The largest absolute Gasteiger partial charge is 0.486 e. The Morgan fingerprint density at radius 2 is 2.10 bits per heavy atom. The highest BCUT2D eigenvalue weighted by Gasteiger charge is 2.28. The van der Waals surface area contributed by atoms with Gasteiger partial charge in [0, 0.05) is 18.7 Å². The number of ether oxygens (including phenoxy) is 2. The lowest BCUT2D eigenvalue weighted by Crippen LogP contribution is -2.33. The fraction of sp³-hybridized carbons (Fsp3) is 0.562. The molecule has 3 rings (SSSR count). The van der Waals surface area contributed by atoms with Crippen molar-refractivity contribution in [2.24, 2.45) is 5.92 Å². The summed E-state index contributed by atoms with van der Waals surface area (Å²) < 4.78 is 11.0. The van der Waals surface area contributed by atoms with E-state index in [4.69, 9.17) is 21.1 Å². The number of hydrogen-bond acceptors (Lipinski definition) is 3. The molecule has 1 aromatic rings. The minimum Gasteiger partial charge on any atom is -0.486 e. The van der Waals surface area contributed by atoms with Crippen molar-refractivity contribution in [2.45, 2.75) is 26.2 Å². The van der Waals surface area contributed by atoms with Crippen molar-refractivity contribution in [2.75, 3.05) is 26.3 Å². The van der Waals surface area contributed by atoms with Gasteiger partial charge in [-0.15, -0.1) is 0 Å². The molecule has 0 spiro atoms. The Hall–Kier alpha value is -1.42. The molecule has 114 valence electrons. The first-order valence-corrected chi connectivity index (χ1v) is 7.95. The average molecular weight is 310 g/mol. The van der Waals surface area contributed by atoms with Crippen molar-refractivity contribution in [1.82, 2.24) is 4.90 Å². The molecular weight excluding hydrogens is 290 g/mol. The molecule has 0 aromatic heterocycles. The fourth-order valence-corrected chi connectivity index (χ4v) is 2.84. The number of carbonyl (C=O) groups is 1. The van der Waals surface area contributed by atoms with E-state index in [0.29, 0.717) is 41.2 Å². The van der Waals surface area contributed by atoms with Crippen LogP contribution in [0.15, 0.2) is 12.1 Å². The van der Waals surface area contributed by atoms with Crippen molar-refractivity contribution in [3.63, 3.8) is 0 Å². The number of carbonyl (C=O) groups excluding carboxylic acids is 1. The lowest BCUT2D eigenvalue weighted by atomic mass is 10.1. The molecule has 0 bridgehead atoms. The third-order valence-electron chi connectivity index (χ3n) is 3.80. The summed E-state index contributed by atoms with van der Waals surface area (Å²) in [5.41, 5.74) is 0.582. The number of benzene rings is 1. The zero-order chi connectivity index (χ0) is 14.8. The monoisotopic (exact) mass is 309 g/mol. The predicted molar refractivity (Wildman–Crippen MR) is 81.4 cm³/mol. The lowest BCUT2D eigenvalue weighted by Gasteiger charge is -2.24. The van der Waals surface area contributed by atoms with Crippen LogP contribution in [0.25, 0.3) is 0 Å². The van der Waals surface area contributed by atoms with Crippen LogP contribution in [0.2, 0.25) is 5.02 Å². The number of amides is 1. The molecule has 0 atom stereocenters. The molecule has 1 amide bonds. The van der Waals surface area contributed by atoms with Gasteiger partial charge in [0.05, 0.1) is 5.02 Å². The van der Waals surface area contributed by atoms with E-state index in [1.165, 1.54) is 12.8 Å². The minimum atomic E-state index is 0.0302. The SMILES string of the molecule is CCCN(CC1CC1)C(=O)c1cc(Cl)c2c(c1)OCCO2. The molecule has 21 heavy (non-hydrogen) atoms. The Morgan fingerprint density at radius 3 is 2.81 bits per heavy atom. The molecule has 0 saturated heterocycles. The van der Waals surface area contributed by atoms with Gasteiger partial charge in [0.1, 0.15) is 13.2 Å². The Bertz CT molecular complexity index is 543. The van der Waals surface area contributed by atoms with Gasteiger partial charge in [0.25, 0.3) is 5.91 Å². The summed E-state index contributed by atoms with van der Waals surface area (Å²) in [6.45, 7) is 4.69. The third kappa shape index (κ3) is 3.26. The molecule has 4 nitrogen and oxygen atoms in total. The molecule has 1 heterocycles.